The van der Waals surface area contributed by atoms with Crippen LogP contribution in [0.3, 0.4) is 0 Å². The SMILES string of the molecule is COCCOC(C)/C=C/O/C=C/C(C)OCCOC. The molecule has 5 heteroatoms. The molecule has 2 atom stereocenters. The van der Waals surface area contributed by atoms with E-state index in [4.69, 9.17) is 23.7 Å². The molecule has 5 nitrogen and oxygen atoms in total. The van der Waals surface area contributed by atoms with E-state index in [2.05, 4.69) is 0 Å². The average Bonchev–Trinajstić information content (AvgIpc) is 2.39. The molecule has 0 heterocycles. The summed E-state index contributed by atoms with van der Waals surface area (Å²) in [5, 5.41) is 0. The van der Waals surface area contributed by atoms with Crippen molar-refractivity contribution in [3.63, 3.8) is 0 Å². The smallest absolute Gasteiger partial charge is 0.0887 e. The number of methoxy groups -OCH3 is 2. The highest BCUT2D eigenvalue weighted by Gasteiger charge is 1.96. The maximum absolute atomic E-state index is 5.42. The molecule has 0 aliphatic rings. The van der Waals surface area contributed by atoms with Crippen molar-refractivity contribution in [2.45, 2.75) is 26.1 Å². The van der Waals surface area contributed by atoms with Gasteiger partial charge in [-0.25, -0.2) is 0 Å². The number of ether oxygens (including phenoxy) is 5. The van der Waals surface area contributed by atoms with Crippen LogP contribution < -0.4 is 0 Å². The van der Waals surface area contributed by atoms with Gasteiger partial charge < -0.3 is 23.7 Å². The molecule has 19 heavy (non-hydrogen) atoms. The Labute approximate surface area is 116 Å². The predicted molar refractivity (Wildman–Crippen MR) is 73.9 cm³/mol. The zero-order valence-corrected chi connectivity index (χ0v) is 12.3. The van der Waals surface area contributed by atoms with E-state index in [1.165, 1.54) is 0 Å². The molecule has 0 spiro atoms. The van der Waals surface area contributed by atoms with Gasteiger partial charge in [-0.15, -0.1) is 0 Å². The van der Waals surface area contributed by atoms with Crippen LogP contribution in [0.4, 0.5) is 0 Å². The molecular weight excluding hydrogens is 248 g/mol. The topological polar surface area (TPSA) is 46.2 Å². The Bertz CT molecular complexity index is 216. The molecule has 0 aliphatic carbocycles. The van der Waals surface area contributed by atoms with Crippen molar-refractivity contribution in [1.82, 2.24) is 0 Å². The second-order valence-corrected chi connectivity index (χ2v) is 3.93. The lowest BCUT2D eigenvalue weighted by Gasteiger charge is -2.08. The first kappa shape index (κ1) is 18.1. The van der Waals surface area contributed by atoms with Crippen LogP contribution in [0.2, 0.25) is 0 Å². The molecule has 2 unspecified atom stereocenters. The normalized spacial score (nSPS) is 15.2. The Morgan fingerprint density at radius 1 is 0.737 bits per heavy atom. The standard InChI is InChI=1S/C14H26O5/c1-13(18-11-9-15-3)5-7-17-8-6-14(2)19-12-10-16-4/h5-8,13-14H,9-12H2,1-4H3/b7-5+,8-6+. The van der Waals surface area contributed by atoms with Gasteiger partial charge in [0.15, 0.2) is 0 Å². The van der Waals surface area contributed by atoms with Crippen molar-refractivity contribution in [3.8, 4) is 0 Å². The summed E-state index contributed by atoms with van der Waals surface area (Å²) < 4.78 is 25.8. The van der Waals surface area contributed by atoms with E-state index >= 15 is 0 Å². The molecule has 0 amide bonds. The van der Waals surface area contributed by atoms with Crippen LogP contribution in [0.15, 0.2) is 24.7 Å². The highest BCUT2D eigenvalue weighted by molar-refractivity contribution is 4.86. The molecule has 0 aromatic heterocycles. The van der Waals surface area contributed by atoms with E-state index in [0.29, 0.717) is 26.4 Å². The summed E-state index contributed by atoms with van der Waals surface area (Å²) in [5.74, 6) is 0. The fourth-order valence-electron chi connectivity index (χ4n) is 1.10. The molecule has 112 valence electrons. The van der Waals surface area contributed by atoms with E-state index < -0.39 is 0 Å². The van der Waals surface area contributed by atoms with E-state index in [-0.39, 0.29) is 12.2 Å². The third kappa shape index (κ3) is 13.4. The van der Waals surface area contributed by atoms with Crippen LogP contribution in [0.25, 0.3) is 0 Å². The Balaban J connectivity index is 3.58. The van der Waals surface area contributed by atoms with Crippen molar-refractivity contribution in [2.75, 3.05) is 40.6 Å². The lowest BCUT2D eigenvalue weighted by Crippen LogP contribution is -2.10. The van der Waals surface area contributed by atoms with Gasteiger partial charge in [0.1, 0.15) is 0 Å². The molecule has 0 saturated carbocycles. The van der Waals surface area contributed by atoms with Crippen molar-refractivity contribution >= 4 is 0 Å². The lowest BCUT2D eigenvalue weighted by atomic mass is 10.4. The van der Waals surface area contributed by atoms with E-state index in [1.807, 2.05) is 26.0 Å². The minimum absolute atomic E-state index is 0.000994. The maximum atomic E-state index is 5.42. The number of rotatable bonds is 12. The maximum Gasteiger partial charge on any atom is 0.0887 e. The van der Waals surface area contributed by atoms with Gasteiger partial charge in [-0.3, -0.25) is 0 Å². The summed E-state index contributed by atoms with van der Waals surface area (Å²) in [6.45, 7) is 6.21. The van der Waals surface area contributed by atoms with Gasteiger partial charge in [0, 0.05) is 14.2 Å². The van der Waals surface area contributed by atoms with Gasteiger partial charge >= 0.3 is 0 Å². The molecule has 0 radical (unpaired) electrons. The average molecular weight is 274 g/mol. The Hall–Kier alpha value is -0.880. The highest BCUT2D eigenvalue weighted by atomic mass is 16.5. The van der Waals surface area contributed by atoms with Crippen LogP contribution >= 0.6 is 0 Å². The molecule has 0 bridgehead atoms. The monoisotopic (exact) mass is 274 g/mol. The van der Waals surface area contributed by atoms with Crippen LogP contribution in [-0.2, 0) is 23.7 Å². The molecular formula is C14H26O5. The van der Waals surface area contributed by atoms with Gasteiger partial charge in [0.2, 0.25) is 0 Å². The first-order chi connectivity index (χ1) is 9.20. The summed E-state index contributed by atoms with van der Waals surface area (Å²) in [7, 11) is 3.29. The van der Waals surface area contributed by atoms with Gasteiger partial charge in [-0.1, -0.05) is 0 Å². The summed E-state index contributed by atoms with van der Waals surface area (Å²) >= 11 is 0. The highest BCUT2D eigenvalue weighted by Crippen LogP contribution is 1.96. The first-order valence-electron chi connectivity index (χ1n) is 6.40. The molecule has 0 aliphatic heterocycles. The molecule has 0 N–H and O–H groups in total. The third-order valence-corrected chi connectivity index (χ3v) is 2.19. The summed E-state index contributed by atoms with van der Waals surface area (Å²) in [6, 6.07) is 0. The molecule has 0 aromatic rings. The number of hydrogen-bond donors (Lipinski definition) is 0. The fraction of sp³-hybridized carbons (Fsp3) is 0.714. The molecule has 0 rings (SSSR count). The largest absolute Gasteiger partial charge is 0.473 e. The van der Waals surface area contributed by atoms with E-state index in [9.17, 15) is 0 Å². The van der Waals surface area contributed by atoms with Crippen molar-refractivity contribution < 1.29 is 23.7 Å². The molecule has 0 saturated heterocycles. The van der Waals surface area contributed by atoms with Gasteiger partial charge in [0.05, 0.1) is 51.2 Å². The minimum Gasteiger partial charge on any atom is -0.473 e. The van der Waals surface area contributed by atoms with Crippen molar-refractivity contribution in [1.29, 1.82) is 0 Å². The first-order valence-corrected chi connectivity index (χ1v) is 6.40. The van der Waals surface area contributed by atoms with Crippen molar-refractivity contribution in [3.05, 3.63) is 24.7 Å². The zero-order valence-electron chi connectivity index (χ0n) is 12.3. The lowest BCUT2D eigenvalue weighted by molar-refractivity contribution is 0.0458. The van der Waals surface area contributed by atoms with E-state index in [0.717, 1.165) is 0 Å². The molecule has 0 fully saturated rings. The van der Waals surface area contributed by atoms with Gasteiger partial charge in [0.25, 0.3) is 0 Å². The van der Waals surface area contributed by atoms with Crippen molar-refractivity contribution in [2.24, 2.45) is 0 Å². The summed E-state index contributed by atoms with van der Waals surface area (Å²) in [5.41, 5.74) is 0. The minimum atomic E-state index is -0.000994. The fourth-order valence-corrected chi connectivity index (χ4v) is 1.10. The van der Waals surface area contributed by atoms with Crippen LogP contribution in [0.5, 0.6) is 0 Å². The quantitative estimate of drug-likeness (QED) is 0.403. The predicted octanol–water partition coefficient (Wildman–Crippen LogP) is 2.13. The summed E-state index contributed by atoms with van der Waals surface area (Å²) in [4.78, 5) is 0. The third-order valence-electron chi connectivity index (χ3n) is 2.19. The zero-order chi connectivity index (χ0) is 14.3. The number of hydrogen-bond acceptors (Lipinski definition) is 5. The van der Waals surface area contributed by atoms with Gasteiger partial charge in [-0.2, -0.15) is 0 Å². The van der Waals surface area contributed by atoms with Gasteiger partial charge in [-0.05, 0) is 26.0 Å². The Morgan fingerprint density at radius 3 is 1.53 bits per heavy atom. The second kappa shape index (κ2) is 13.5. The van der Waals surface area contributed by atoms with Crippen LogP contribution in [0, 0.1) is 0 Å². The second-order valence-electron chi connectivity index (χ2n) is 3.93. The molecule has 0 aromatic carbocycles. The Morgan fingerprint density at radius 2 is 1.16 bits per heavy atom. The van der Waals surface area contributed by atoms with E-state index in [1.54, 1.807) is 26.7 Å². The van der Waals surface area contributed by atoms with Crippen LogP contribution in [-0.4, -0.2) is 52.9 Å². The van der Waals surface area contributed by atoms with Crippen LogP contribution in [0.1, 0.15) is 13.8 Å². The summed E-state index contributed by atoms with van der Waals surface area (Å²) in [6.07, 6.45) is 6.84. The Kier molecular flexibility index (Phi) is 12.9.